The number of aromatic nitrogens is 2. The van der Waals surface area contributed by atoms with Gasteiger partial charge in [0.15, 0.2) is 5.82 Å². The number of nitrogens with zero attached hydrogens (tertiary/aromatic N) is 3. The molecule has 1 aromatic heterocycles. The number of rotatable bonds is 6. The van der Waals surface area contributed by atoms with Gasteiger partial charge in [0.2, 0.25) is 15.9 Å². The van der Waals surface area contributed by atoms with Crippen LogP contribution in [0.1, 0.15) is 18.4 Å². The van der Waals surface area contributed by atoms with Crippen LogP contribution in [0.2, 0.25) is 0 Å². The minimum absolute atomic E-state index is 0.210. The Kier molecular flexibility index (Phi) is 6.73. The molecule has 2 heterocycles. The quantitative estimate of drug-likeness (QED) is 0.534. The van der Waals surface area contributed by atoms with Gasteiger partial charge in [0.05, 0.1) is 15.9 Å². The standard InChI is InChI=1S/C22H22BrFN4O3S/c23-19-15-27(14-17-6-4-5-9-20(17)24)26-21(19)25-22(29)16-10-12-28(13-11-16)32(30,31)18-7-2-1-3-8-18/h1-9,15-16H,10-14H2,(H,25,26,29). The molecule has 0 radical (unpaired) electrons. The molecule has 10 heteroatoms. The van der Waals surface area contributed by atoms with Gasteiger partial charge < -0.3 is 5.32 Å². The number of sulfonamides is 1. The fourth-order valence-corrected chi connectivity index (χ4v) is 5.59. The summed E-state index contributed by atoms with van der Waals surface area (Å²) in [4.78, 5) is 13.0. The van der Waals surface area contributed by atoms with Crippen LogP contribution in [0.4, 0.5) is 10.2 Å². The molecular weight excluding hydrogens is 499 g/mol. The normalized spacial score (nSPS) is 15.6. The van der Waals surface area contributed by atoms with Crippen molar-refractivity contribution in [2.75, 3.05) is 18.4 Å². The molecule has 3 aromatic rings. The van der Waals surface area contributed by atoms with Crippen LogP contribution < -0.4 is 5.32 Å². The van der Waals surface area contributed by atoms with Crippen LogP contribution in [-0.2, 0) is 21.4 Å². The van der Waals surface area contributed by atoms with Crippen LogP contribution in [-0.4, -0.2) is 41.5 Å². The first kappa shape index (κ1) is 22.6. The molecule has 7 nitrogen and oxygen atoms in total. The van der Waals surface area contributed by atoms with Gasteiger partial charge in [-0.15, -0.1) is 0 Å². The Labute approximate surface area is 194 Å². The maximum absolute atomic E-state index is 13.9. The first-order chi connectivity index (χ1) is 15.3. The Morgan fingerprint density at radius 2 is 1.75 bits per heavy atom. The van der Waals surface area contributed by atoms with Gasteiger partial charge in [0.25, 0.3) is 0 Å². The lowest BCUT2D eigenvalue weighted by Crippen LogP contribution is -2.41. The van der Waals surface area contributed by atoms with Crippen molar-refractivity contribution in [3.8, 4) is 0 Å². The van der Waals surface area contributed by atoms with Crippen molar-refractivity contribution in [2.24, 2.45) is 5.92 Å². The number of carbonyl (C=O) groups excluding carboxylic acids is 1. The van der Waals surface area contributed by atoms with Crippen LogP contribution in [0.15, 0.2) is 70.2 Å². The molecule has 1 aliphatic rings. The van der Waals surface area contributed by atoms with Crippen LogP contribution in [0.5, 0.6) is 0 Å². The summed E-state index contributed by atoms with van der Waals surface area (Å²) in [6.45, 7) is 0.785. The van der Waals surface area contributed by atoms with E-state index >= 15 is 0 Å². The molecule has 0 bridgehead atoms. The highest BCUT2D eigenvalue weighted by molar-refractivity contribution is 9.10. The predicted octanol–water partition coefficient (Wildman–Crippen LogP) is 3.87. The maximum Gasteiger partial charge on any atom is 0.243 e. The summed E-state index contributed by atoms with van der Waals surface area (Å²) in [5.74, 6) is -0.493. The Morgan fingerprint density at radius 1 is 1.09 bits per heavy atom. The number of hydrogen-bond acceptors (Lipinski definition) is 4. The number of nitrogens with one attached hydrogen (secondary N) is 1. The number of halogens is 2. The second kappa shape index (κ2) is 9.51. The zero-order valence-corrected chi connectivity index (χ0v) is 19.5. The lowest BCUT2D eigenvalue weighted by molar-refractivity contribution is -0.120. The molecule has 1 fully saturated rings. The average Bonchev–Trinajstić information content (AvgIpc) is 3.14. The molecular formula is C22H22BrFN4O3S. The molecule has 0 spiro atoms. The van der Waals surface area contributed by atoms with Crippen molar-refractivity contribution in [1.29, 1.82) is 0 Å². The topological polar surface area (TPSA) is 84.3 Å². The first-order valence-electron chi connectivity index (χ1n) is 10.2. The fraction of sp³-hybridized carbons (Fsp3) is 0.273. The molecule has 2 aromatic carbocycles. The van der Waals surface area contributed by atoms with E-state index < -0.39 is 10.0 Å². The number of amides is 1. The van der Waals surface area contributed by atoms with Gasteiger partial charge in [-0.3, -0.25) is 9.48 Å². The first-order valence-corrected chi connectivity index (χ1v) is 12.4. The van der Waals surface area contributed by atoms with E-state index in [2.05, 4.69) is 26.3 Å². The number of hydrogen-bond donors (Lipinski definition) is 1. The second-order valence-corrected chi connectivity index (χ2v) is 10.4. The van der Waals surface area contributed by atoms with Crippen LogP contribution in [0, 0.1) is 11.7 Å². The fourth-order valence-electron chi connectivity index (χ4n) is 3.68. The number of carbonyl (C=O) groups is 1. The van der Waals surface area contributed by atoms with E-state index in [1.807, 2.05) is 0 Å². The summed E-state index contributed by atoms with van der Waals surface area (Å²) < 4.78 is 43.0. The highest BCUT2D eigenvalue weighted by Gasteiger charge is 2.32. The molecule has 0 saturated carbocycles. The summed E-state index contributed by atoms with van der Waals surface area (Å²) in [7, 11) is -3.56. The zero-order chi connectivity index (χ0) is 22.7. The van der Waals surface area contributed by atoms with E-state index in [4.69, 9.17) is 0 Å². The largest absolute Gasteiger partial charge is 0.308 e. The van der Waals surface area contributed by atoms with Gasteiger partial charge in [-0.25, -0.2) is 12.8 Å². The van der Waals surface area contributed by atoms with Crippen molar-refractivity contribution >= 4 is 37.7 Å². The van der Waals surface area contributed by atoms with Crippen LogP contribution in [0.25, 0.3) is 0 Å². The van der Waals surface area contributed by atoms with Crippen LogP contribution in [0.3, 0.4) is 0 Å². The lowest BCUT2D eigenvalue weighted by Gasteiger charge is -2.30. The van der Waals surface area contributed by atoms with E-state index in [1.165, 1.54) is 10.4 Å². The average molecular weight is 521 g/mol. The molecule has 1 saturated heterocycles. The minimum Gasteiger partial charge on any atom is -0.308 e. The minimum atomic E-state index is -3.56. The molecule has 0 unspecified atom stereocenters. The SMILES string of the molecule is O=C(Nc1nn(Cc2ccccc2F)cc1Br)C1CCN(S(=O)(=O)c2ccccc2)CC1. The van der Waals surface area contributed by atoms with E-state index in [1.54, 1.807) is 59.4 Å². The molecule has 1 amide bonds. The second-order valence-electron chi connectivity index (χ2n) is 7.60. The van der Waals surface area contributed by atoms with Gasteiger partial charge in [-0.1, -0.05) is 36.4 Å². The molecule has 1 aliphatic heterocycles. The van der Waals surface area contributed by atoms with Gasteiger partial charge in [-0.2, -0.15) is 9.40 Å². The third-order valence-corrected chi connectivity index (χ3v) is 7.95. The van der Waals surface area contributed by atoms with E-state index in [9.17, 15) is 17.6 Å². The summed E-state index contributed by atoms with van der Waals surface area (Å²) >= 11 is 3.38. The molecule has 168 valence electrons. The highest BCUT2D eigenvalue weighted by Crippen LogP contribution is 2.26. The molecule has 4 rings (SSSR count). The monoisotopic (exact) mass is 520 g/mol. The summed E-state index contributed by atoms with van der Waals surface area (Å²) in [5.41, 5.74) is 0.493. The zero-order valence-electron chi connectivity index (χ0n) is 17.1. The number of piperidine rings is 1. The van der Waals surface area contributed by atoms with Gasteiger partial charge in [0.1, 0.15) is 5.82 Å². The van der Waals surface area contributed by atoms with Crippen molar-refractivity contribution in [1.82, 2.24) is 14.1 Å². The summed E-state index contributed by atoms with van der Waals surface area (Å²) in [6.07, 6.45) is 2.52. The predicted molar refractivity (Wildman–Crippen MR) is 122 cm³/mol. The maximum atomic E-state index is 13.9. The summed E-state index contributed by atoms with van der Waals surface area (Å²) in [5, 5.41) is 7.15. The Balaban J connectivity index is 1.36. The highest BCUT2D eigenvalue weighted by atomic mass is 79.9. The Morgan fingerprint density at radius 3 is 2.44 bits per heavy atom. The Bertz CT molecular complexity index is 1210. The smallest absolute Gasteiger partial charge is 0.243 e. The molecule has 32 heavy (non-hydrogen) atoms. The van der Waals surface area contributed by atoms with Crippen molar-refractivity contribution in [3.05, 3.63) is 76.6 Å². The molecule has 1 N–H and O–H groups in total. The van der Waals surface area contributed by atoms with Crippen LogP contribution >= 0.6 is 15.9 Å². The van der Waals surface area contributed by atoms with Crippen molar-refractivity contribution in [2.45, 2.75) is 24.3 Å². The van der Waals surface area contributed by atoms with Gasteiger partial charge in [-0.05, 0) is 47.0 Å². The summed E-state index contributed by atoms with van der Waals surface area (Å²) in [6, 6.07) is 14.7. The van der Waals surface area contributed by atoms with E-state index in [0.717, 1.165) is 0 Å². The number of anilines is 1. The number of benzene rings is 2. The van der Waals surface area contributed by atoms with Gasteiger partial charge >= 0.3 is 0 Å². The third kappa shape index (κ3) is 4.92. The van der Waals surface area contributed by atoms with E-state index in [-0.39, 0.29) is 42.2 Å². The lowest BCUT2D eigenvalue weighted by atomic mass is 9.97. The van der Waals surface area contributed by atoms with Gasteiger partial charge in [0, 0.05) is 30.8 Å². The molecule has 0 aliphatic carbocycles. The van der Waals surface area contributed by atoms with Crippen molar-refractivity contribution < 1.29 is 17.6 Å². The van der Waals surface area contributed by atoms with E-state index in [0.29, 0.717) is 28.7 Å². The van der Waals surface area contributed by atoms with Crippen molar-refractivity contribution in [3.63, 3.8) is 0 Å². The molecule has 0 atom stereocenters. The third-order valence-electron chi connectivity index (χ3n) is 5.45. The Hall–Kier alpha value is -2.56.